The summed E-state index contributed by atoms with van der Waals surface area (Å²) in [5.41, 5.74) is 8.18. The maximum absolute atomic E-state index is 13.9. The van der Waals surface area contributed by atoms with E-state index in [1.54, 1.807) is 24.3 Å². The van der Waals surface area contributed by atoms with Gasteiger partial charge in [0.25, 0.3) is 0 Å². The molecule has 4 rings (SSSR count). The van der Waals surface area contributed by atoms with Crippen molar-refractivity contribution in [1.29, 1.82) is 0 Å². The van der Waals surface area contributed by atoms with Gasteiger partial charge in [0.05, 0.1) is 20.3 Å². The van der Waals surface area contributed by atoms with E-state index >= 15 is 0 Å². The highest BCUT2D eigenvalue weighted by Crippen LogP contribution is 2.45. The number of rotatable bonds is 4. The number of hydrogen-bond acceptors (Lipinski definition) is 5. The molecule has 1 fully saturated rings. The fourth-order valence-electron chi connectivity index (χ4n) is 3.25. The molecule has 0 spiro atoms. The van der Waals surface area contributed by atoms with Crippen molar-refractivity contribution < 1.29 is 9.13 Å². The molecule has 9 heteroatoms. The number of aromatic nitrogens is 1. The molecule has 1 aliphatic heterocycles. The molecule has 0 unspecified atom stereocenters. The van der Waals surface area contributed by atoms with Crippen molar-refractivity contribution in [2.75, 3.05) is 11.9 Å². The summed E-state index contributed by atoms with van der Waals surface area (Å²) in [4.78, 5) is 5.25. The lowest BCUT2D eigenvalue weighted by Crippen LogP contribution is -2.34. The molecule has 0 radical (unpaired) electrons. The number of nitrogens with one attached hydrogen (secondary N) is 1. The van der Waals surface area contributed by atoms with Crippen molar-refractivity contribution in [2.45, 2.75) is 31.5 Å². The number of pyridine rings is 1. The maximum atomic E-state index is 13.9. The van der Waals surface area contributed by atoms with Crippen molar-refractivity contribution in [2.24, 2.45) is 5.73 Å². The topological polar surface area (TPSA) is 60.2 Å². The predicted molar refractivity (Wildman–Crippen MR) is 117 cm³/mol. The van der Waals surface area contributed by atoms with E-state index in [0.717, 1.165) is 28.1 Å². The first-order valence-electron chi connectivity index (χ1n) is 8.67. The maximum Gasteiger partial charge on any atom is 0.131 e. The molecule has 0 bridgehead atoms. The minimum atomic E-state index is -0.257. The van der Waals surface area contributed by atoms with Gasteiger partial charge in [0.2, 0.25) is 0 Å². The van der Waals surface area contributed by atoms with E-state index in [9.17, 15) is 4.39 Å². The smallest absolute Gasteiger partial charge is 0.131 e. The average Bonchev–Trinajstić information content (AvgIpc) is 2.98. The van der Waals surface area contributed by atoms with Crippen LogP contribution in [0.15, 0.2) is 30.3 Å². The number of benzene rings is 1. The van der Waals surface area contributed by atoms with E-state index in [1.807, 2.05) is 0 Å². The van der Waals surface area contributed by atoms with Crippen LogP contribution in [0.4, 0.5) is 10.1 Å². The summed E-state index contributed by atoms with van der Waals surface area (Å²) in [6.45, 7) is 0.988. The summed E-state index contributed by atoms with van der Waals surface area (Å²) >= 11 is 14.3. The van der Waals surface area contributed by atoms with Crippen LogP contribution in [0.5, 0.6) is 0 Å². The van der Waals surface area contributed by atoms with Gasteiger partial charge in [-0.2, -0.15) is 0 Å². The molecular formula is C19H19Cl3FN3OS. The number of thiophene rings is 1. The van der Waals surface area contributed by atoms with Crippen LogP contribution < -0.4 is 11.1 Å². The normalized spacial score (nSPS) is 19.4. The standard InChI is InChI=1S/C19H18Cl2FN3OS.ClH/c20-14-8-13(24-9-10-4-1-2-5-11(10)22)18-16(25-14)15(21)19(27-18)17-12(23)6-3-7-26-17;/h1-2,4-5,8,12,17H,3,6-7,9,23H2,(H,24,25);1H/t12-,17-;/m0./s1. The molecule has 2 aromatic heterocycles. The van der Waals surface area contributed by atoms with E-state index in [2.05, 4.69) is 10.3 Å². The Balaban J connectivity index is 0.00000225. The summed E-state index contributed by atoms with van der Waals surface area (Å²) in [7, 11) is 0. The molecule has 1 aromatic carbocycles. The number of halogens is 4. The molecule has 28 heavy (non-hydrogen) atoms. The van der Waals surface area contributed by atoms with E-state index in [-0.39, 0.29) is 30.4 Å². The zero-order valence-corrected chi connectivity index (χ0v) is 17.9. The van der Waals surface area contributed by atoms with E-state index in [4.69, 9.17) is 33.7 Å². The molecule has 2 atom stereocenters. The van der Waals surface area contributed by atoms with E-state index < -0.39 is 0 Å². The number of nitrogens with zero attached hydrogens (tertiary/aromatic N) is 1. The number of nitrogens with two attached hydrogens (primary N) is 1. The Kier molecular flexibility index (Phi) is 7.02. The van der Waals surface area contributed by atoms with Crippen LogP contribution in [-0.4, -0.2) is 17.6 Å². The second-order valence-corrected chi connectivity index (χ2v) is 8.31. The van der Waals surface area contributed by atoms with Crippen molar-refractivity contribution in [3.63, 3.8) is 0 Å². The lowest BCUT2D eigenvalue weighted by molar-refractivity contribution is 0.00244. The first kappa shape index (κ1) is 21.6. The Labute approximate surface area is 182 Å². The van der Waals surface area contributed by atoms with Gasteiger partial charge in [-0.3, -0.25) is 0 Å². The van der Waals surface area contributed by atoms with Crippen molar-refractivity contribution >= 4 is 62.8 Å². The molecular weight excluding hydrogens is 444 g/mol. The second-order valence-electron chi connectivity index (χ2n) is 6.49. The van der Waals surface area contributed by atoms with Crippen LogP contribution in [0.3, 0.4) is 0 Å². The van der Waals surface area contributed by atoms with E-state index in [0.29, 0.717) is 34.4 Å². The molecule has 4 nitrogen and oxygen atoms in total. The molecule has 3 N–H and O–H groups in total. The Morgan fingerprint density at radius 2 is 2.11 bits per heavy atom. The van der Waals surface area contributed by atoms with Gasteiger partial charge in [-0.25, -0.2) is 9.37 Å². The quantitative estimate of drug-likeness (QED) is 0.470. The highest BCUT2D eigenvalue weighted by atomic mass is 35.5. The third kappa shape index (κ3) is 4.22. The molecule has 0 amide bonds. The third-order valence-electron chi connectivity index (χ3n) is 4.63. The third-order valence-corrected chi connectivity index (χ3v) is 6.59. The first-order chi connectivity index (χ1) is 13.0. The van der Waals surface area contributed by atoms with Gasteiger partial charge in [0.1, 0.15) is 22.6 Å². The van der Waals surface area contributed by atoms with Crippen LogP contribution in [0.25, 0.3) is 10.2 Å². The van der Waals surface area contributed by atoms with Gasteiger partial charge in [-0.1, -0.05) is 41.4 Å². The summed E-state index contributed by atoms with van der Waals surface area (Å²) in [6.07, 6.45) is 1.59. The zero-order valence-electron chi connectivity index (χ0n) is 14.8. The highest BCUT2D eigenvalue weighted by molar-refractivity contribution is 7.20. The Bertz CT molecular complexity index is 984. The number of ether oxygens (including phenoxy) is 1. The van der Waals surface area contributed by atoms with Crippen LogP contribution in [-0.2, 0) is 11.3 Å². The van der Waals surface area contributed by atoms with Crippen molar-refractivity contribution in [1.82, 2.24) is 4.98 Å². The zero-order chi connectivity index (χ0) is 19.0. The van der Waals surface area contributed by atoms with Crippen LogP contribution in [0, 0.1) is 5.82 Å². The van der Waals surface area contributed by atoms with Gasteiger partial charge in [-0.15, -0.1) is 23.7 Å². The van der Waals surface area contributed by atoms with Crippen LogP contribution in [0.1, 0.15) is 29.4 Å². The largest absolute Gasteiger partial charge is 0.380 e. The minimum Gasteiger partial charge on any atom is -0.380 e. The fourth-order valence-corrected chi connectivity index (χ4v) is 5.11. The van der Waals surface area contributed by atoms with Crippen molar-refractivity contribution in [3.8, 4) is 0 Å². The molecule has 0 saturated carbocycles. The minimum absolute atomic E-state index is 0. The average molecular weight is 463 g/mol. The number of fused-ring (bicyclic) bond motifs is 1. The van der Waals surface area contributed by atoms with Gasteiger partial charge in [0, 0.05) is 30.8 Å². The van der Waals surface area contributed by atoms with Crippen molar-refractivity contribution in [3.05, 3.63) is 56.8 Å². The van der Waals surface area contributed by atoms with Gasteiger partial charge < -0.3 is 15.8 Å². The SMILES string of the molecule is Cl.N[C@H]1CCCO[C@@H]1c1sc2c(NCc3ccccc3F)cc(Cl)nc2c1Cl. The van der Waals surface area contributed by atoms with Gasteiger partial charge >= 0.3 is 0 Å². The summed E-state index contributed by atoms with van der Waals surface area (Å²) in [5, 5.41) is 4.10. The Morgan fingerprint density at radius 1 is 1.32 bits per heavy atom. The summed E-state index contributed by atoms with van der Waals surface area (Å²) in [6, 6.07) is 8.27. The Hall–Kier alpha value is -1.15. The first-order valence-corrected chi connectivity index (χ1v) is 10.2. The number of hydrogen-bond donors (Lipinski definition) is 2. The van der Waals surface area contributed by atoms with Crippen LogP contribution >= 0.6 is 46.9 Å². The molecule has 0 aliphatic carbocycles. The molecule has 1 saturated heterocycles. The van der Waals surface area contributed by atoms with Crippen LogP contribution in [0.2, 0.25) is 10.2 Å². The van der Waals surface area contributed by atoms with Gasteiger partial charge in [0.15, 0.2) is 0 Å². The predicted octanol–water partition coefficient (Wildman–Crippen LogP) is 5.95. The molecule has 3 heterocycles. The molecule has 1 aliphatic rings. The summed E-state index contributed by atoms with van der Waals surface area (Å²) < 4.78 is 20.6. The molecule has 150 valence electrons. The number of anilines is 1. The highest BCUT2D eigenvalue weighted by Gasteiger charge is 2.30. The van der Waals surface area contributed by atoms with Gasteiger partial charge in [-0.05, 0) is 18.9 Å². The Morgan fingerprint density at radius 3 is 2.86 bits per heavy atom. The fraction of sp³-hybridized carbons (Fsp3) is 0.316. The summed E-state index contributed by atoms with van der Waals surface area (Å²) in [5.74, 6) is -0.257. The lowest BCUT2D eigenvalue weighted by atomic mass is 10.0. The lowest BCUT2D eigenvalue weighted by Gasteiger charge is -2.28. The molecule has 3 aromatic rings. The second kappa shape index (κ2) is 9.11. The monoisotopic (exact) mass is 461 g/mol. The van der Waals surface area contributed by atoms with E-state index in [1.165, 1.54) is 17.4 Å².